The van der Waals surface area contributed by atoms with E-state index in [1.807, 2.05) is 73.7 Å². The molecule has 1 N–H and O–H groups in total. The number of benzene rings is 2. The highest BCUT2D eigenvalue weighted by atomic mass is 16.5. The van der Waals surface area contributed by atoms with E-state index in [0.717, 1.165) is 47.0 Å². The molecule has 4 aromatic rings. The van der Waals surface area contributed by atoms with Crippen LogP contribution in [0.3, 0.4) is 0 Å². The number of morpholine rings is 1. The number of carbonyl (C=O) groups excluding carboxylic acids is 1. The minimum Gasteiger partial charge on any atom is -0.489 e. The maximum absolute atomic E-state index is 12.8. The molecule has 1 atom stereocenters. The molecule has 1 amide bonds. The predicted octanol–water partition coefficient (Wildman–Crippen LogP) is 3.86. The van der Waals surface area contributed by atoms with Crippen LogP contribution in [0.1, 0.15) is 34.7 Å². The fourth-order valence-corrected chi connectivity index (χ4v) is 4.93. The van der Waals surface area contributed by atoms with Gasteiger partial charge in [0.25, 0.3) is 0 Å². The summed E-state index contributed by atoms with van der Waals surface area (Å²) >= 11 is 0. The van der Waals surface area contributed by atoms with Crippen LogP contribution in [-0.2, 0) is 16.1 Å². The van der Waals surface area contributed by atoms with E-state index in [9.17, 15) is 4.79 Å². The lowest BCUT2D eigenvalue weighted by atomic mass is 9.86. The predicted molar refractivity (Wildman–Crippen MR) is 139 cm³/mol. The Kier molecular flexibility index (Phi) is 6.28. The number of hydrogen-bond acceptors (Lipinski definition) is 7. The summed E-state index contributed by atoms with van der Waals surface area (Å²) in [6, 6.07) is 21.9. The van der Waals surface area contributed by atoms with Gasteiger partial charge in [0, 0.05) is 31.0 Å². The molecular formula is C28H28N6O3. The minimum absolute atomic E-state index is 0.0547. The summed E-state index contributed by atoms with van der Waals surface area (Å²) in [4.78, 5) is 14.9. The summed E-state index contributed by atoms with van der Waals surface area (Å²) < 4.78 is 13.0. The van der Waals surface area contributed by atoms with Gasteiger partial charge in [0.2, 0.25) is 5.91 Å². The van der Waals surface area contributed by atoms with Crippen molar-refractivity contribution in [3.05, 3.63) is 89.1 Å². The Morgan fingerprint density at radius 2 is 1.70 bits per heavy atom. The van der Waals surface area contributed by atoms with E-state index in [1.54, 1.807) is 4.68 Å². The van der Waals surface area contributed by atoms with Crippen molar-refractivity contribution in [2.45, 2.75) is 25.9 Å². The van der Waals surface area contributed by atoms with E-state index in [2.05, 4.69) is 20.4 Å². The van der Waals surface area contributed by atoms with Gasteiger partial charge in [-0.3, -0.25) is 4.79 Å². The molecule has 2 aliphatic heterocycles. The Bertz CT molecular complexity index is 1380. The highest BCUT2D eigenvalue weighted by Crippen LogP contribution is 2.40. The van der Waals surface area contributed by atoms with Crippen molar-refractivity contribution < 1.29 is 14.3 Å². The molecule has 0 spiro atoms. The molecule has 2 aromatic carbocycles. The monoisotopic (exact) mass is 496 g/mol. The molecule has 37 heavy (non-hydrogen) atoms. The second-order valence-electron chi connectivity index (χ2n) is 9.26. The van der Waals surface area contributed by atoms with Gasteiger partial charge >= 0.3 is 0 Å². The van der Waals surface area contributed by atoms with E-state index >= 15 is 0 Å². The molecule has 0 saturated carbocycles. The molecule has 188 valence electrons. The zero-order chi connectivity index (χ0) is 25.2. The topological polar surface area (TPSA) is 94.4 Å². The number of amides is 1. The first-order valence-corrected chi connectivity index (χ1v) is 12.5. The third-order valence-electron chi connectivity index (χ3n) is 6.82. The number of hydrogen-bond donors (Lipinski definition) is 1. The van der Waals surface area contributed by atoms with E-state index in [0.29, 0.717) is 37.9 Å². The van der Waals surface area contributed by atoms with Crippen molar-refractivity contribution >= 4 is 17.5 Å². The van der Waals surface area contributed by atoms with Gasteiger partial charge < -0.3 is 19.7 Å². The third kappa shape index (κ3) is 4.77. The number of aryl methyl sites for hydroxylation is 1. The van der Waals surface area contributed by atoms with E-state index in [-0.39, 0.29) is 11.8 Å². The lowest BCUT2D eigenvalue weighted by Gasteiger charge is -2.27. The fraction of sp³-hybridized carbons (Fsp3) is 0.286. The number of fused-ring (bicyclic) bond motifs is 1. The second-order valence-corrected chi connectivity index (χ2v) is 9.26. The summed E-state index contributed by atoms with van der Waals surface area (Å²) in [5.74, 6) is 2.64. The number of nitrogens with one attached hydrogen (secondary N) is 1. The van der Waals surface area contributed by atoms with Gasteiger partial charge in [0.1, 0.15) is 18.2 Å². The zero-order valence-corrected chi connectivity index (χ0v) is 20.6. The fourth-order valence-electron chi connectivity index (χ4n) is 4.93. The van der Waals surface area contributed by atoms with Gasteiger partial charge in [0.15, 0.2) is 11.6 Å². The molecule has 0 radical (unpaired) electrons. The Morgan fingerprint density at radius 1 is 0.973 bits per heavy atom. The van der Waals surface area contributed by atoms with Crippen LogP contribution in [0, 0.1) is 6.92 Å². The highest BCUT2D eigenvalue weighted by Gasteiger charge is 2.33. The largest absolute Gasteiger partial charge is 0.489 e. The van der Waals surface area contributed by atoms with E-state index < -0.39 is 0 Å². The third-order valence-corrected chi connectivity index (χ3v) is 6.82. The maximum atomic E-state index is 12.8. The molecular weight excluding hydrogens is 468 g/mol. The van der Waals surface area contributed by atoms with Crippen molar-refractivity contribution in [2.75, 3.05) is 36.5 Å². The second kappa shape index (κ2) is 10.0. The Labute approximate surface area is 215 Å². The quantitative estimate of drug-likeness (QED) is 0.433. The summed E-state index contributed by atoms with van der Waals surface area (Å²) in [5.41, 5.74) is 4.00. The Balaban J connectivity index is 1.24. The molecule has 9 nitrogen and oxygen atoms in total. The molecule has 9 heteroatoms. The highest BCUT2D eigenvalue weighted by molar-refractivity contribution is 5.95. The van der Waals surface area contributed by atoms with Crippen LogP contribution in [0.15, 0.2) is 66.7 Å². The Morgan fingerprint density at radius 3 is 2.43 bits per heavy atom. The van der Waals surface area contributed by atoms with Gasteiger partial charge in [-0.25, -0.2) is 0 Å². The van der Waals surface area contributed by atoms with Crippen molar-refractivity contribution in [3.8, 4) is 11.6 Å². The first kappa shape index (κ1) is 23.2. The van der Waals surface area contributed by atoms with Crippen LogP contribution in [0.2, 0.25) is 0 Å². The lowest BCUT2D eigenvalue weighted by molar-refractivity contribution is -0.116. The van der Waals surface area contributed by atoms with Crippen molar-refractivity contribution in [1.82, 2.24) is 20.0 Å². The molecule has 6 rings (SSSR count). The van der Waals surface area contributed by atoms with E-state index in [1.165, 1.54) is 0 Å². The van der Waals surface area contributed by atoms with Crippen LogP contribution in [0.5, 0.6) is 5.75 Å². The summed E-state index contributed by atoms with van der Waals surface area (Å²) in [5, 5.41) is 16.6. The zero-order valence-electron chi connectivity index (χ0n) is 20.6. The molecule has 2 aromatic heterocycles. The van der Waals surface area contributed by atoms with Crippen LogP contribution in [0.25, 0.3) is 5.82 Å². The molecule has 4 heterocycles. The smallest absolute Gasteiger partial charge is 0.226 e. The first-order chi connectivity index (χ1) is 18.2. The van der Waals surface area contributed by atoms with Crippen LogP contribution >= 0.6 is 0 Å². The number of rotatable bonds is 6. The SMILES string of the molecule is Cc1nn(-c2ccc(N3CCOCC3)nn2)c2c1[C@@H](c1ccc(OCc3ccccc3)cc1)CC(=O)N2. The summed E-state index contributed by atoms with van der Waals surface area (Å²) in [7, 11) is 0. The van der Waals surface area contributed by atoms with Crippen molar-refractivity contribution in [1.29, 1.82) is 0 Å². The number of carbonyl (C=O) groups is 1. The minimum atomic E-state index is -0.110. The van der Waals surface area contributed by atoms with Crippen LogP contribution in [-0.4, -0.2) is 52.2 Å². The van der Waals surface area contributed by atoms with Crippen LogP contribution < -0.4 is 15.0 Å². The average molecular weight is 497 g/mol. The molecule has 0 bridgehead atoms. The summed E-state index contributed by atoms with van der Waals surface area (Å²) in [6.45, 7) is 5.42. The number of ether oxygens (including phenoxy) is 2. The van der Waals surface area contributed by atoms with Gasteiger partial charge in [-0.05, 0) is 42.3 Å². The van der Waals surface area contributed by atoms with Crippen molar-refractivity contribution in [3.63, 3.8) is 0 Å². The first-order valence-electron chi connectivity index (χ1n) is 12.5. The standard InChI is InChI=1S/C28H28N6O3/c1-19-27-23(21-7-9-22(10-8-21)37-18-20-5-3-2-4-6-20)17-26(35)29-28(27)34(32-19)25-12-11-24(30-31-25)33-13-15-36-16-14-33/h2-12,23H,13-18H2,1H3,(H,29,35)/t23-/m1/s1. The average Bonchev–Trinajstić information content (AvgIpc) is 3.28. The number of nitrogens with zero attached hydrogens (tertiary/aromatic N) is 5. The lowest BCUT2D eigenvalue weighted by Crippen LogP contribution is -2.36. The maximum Gasteiger partial charge on any atom is 0.226 e. The molecule has 0 aliphatic carbocycles. The number of aromatic nitrogens is 4. The molecule has 2 aliphatic rings. The summed E-state index contributed by atoms with van der Waals surface area (Å²) in [6.07, 6.45) is 0.353. The van der Waals surface area contributed by atoms with Gasteiger partial charge in [-0.2, -0.15) is 9.78 Å². The normalized spacial score (nSPS) is 17.3. The van der Waals surface area contributed by atoms with Crippen LogP contribution in [0.4, 0.5) is 11.6 Å². The molecule has 1 saturated heterocycles. The number of anilines is 2. The van der Waals surface area contributed by atoms with Crippen molar-refractivity contribution in [2.24, 2.45) is 0 Å². The molecule has 0 unspecified atom stereocenters. The molecule has 1 fully saturated rings. The Hall–Kier alpha value is -4.24. The van der Waals surface area contributed by atoms with Gasteiger partial charge in [-0.15, -0.1) is 10.2 Å². The van der Waals surface area contributed by atoms with E-state index in [4.69, 9.17) is 14.6 Å². The van der Waals surface area contributed by atoms with Gasteiger partial charge in [-0.1, -0.05) is 42.5 Å². The van der Waals surface area contributed by atoms with Gasteiger partial charge in [0.05, 0.1) is 18.9 Å².